The van der Waals surface area contributed by atoms with Crippen LogP contribution in [0, 0.1) is 22.7 Å². The Labute approximate surface area is 621 Å². The maximum absolute atomic E-state index is 14.6. The number of nitrogens with zero attached hydrogens (tertiary/aromatic N) is 4. The molecular weight excluding hydrogens is 1420 g/mol. The van der Waals surface area contributed by atoms with E-state index >= 15 is 0 Å². The van der Waals surface area contributed by atoms with E-state index in [1.165, 1.54) is 34.8 Å². The molecule has 2 aromatic carbocycles. The second-order valence-corrected chi connectivity index (χ2v) is 35.2. The Morgan fingerprint density at radius 3 is 1.38 bits per heavy atom. The molecule has 0 unspecified atom stereocenters. The summed E-state index contributed by atoms with van der Waals surface area (Å²) >= 11 is 0. The second-order valence-electron chi connectivity index (χ2n) is 31.3. The fraction of sp³-hybridized carbons (Fsp3) is 0.603. The van der Waals surface area contributed by atoms with Crippen LogP contribution in [0.1, 0.15) is 158 Å². The van der Waals surface area contributed by atoms with Crippen molar-refractivity contribution in [3.8, 4) is 23.3 Å². The molecule has 572 valence electrons. The lowest BCUT2D eigenvalue weighted by Crippen LogP contribution is -2.60. The molecule has 10 atom stereocenters. The van der Waals surface area contributed by atoms with E-state index in [2.05, 4.69) is 48.5 Å². The number of carbonyl (C=O) groups is 7. The van der Waals surface area contributed by atoms with Crippen LogP contribution in [-0.2, 0) is 53.6 Å². The lowest BCUT2D eigenvalue weighted by Gasteiger charge is -2.36. The minimum Gasteiger partial charge on any atom is -0.497 e. The van der Waals surface area contributed by atoms with Crippen molar-refractivity contribution in [3.63, 3.8) is 0 Å². The van der Waals surface area contributed by atoms with Gasteiger partial charge in [0.05, 0.1) is 49.5 Å². The predicted molar refractivity (Wildman–Crippen MR) is 395 cm³/mol. The molecule has 31 heteroatoms. The van der Waals surface area contributed by atoms with Gasteiger partial charge in [0.2, 0.25) is 55.4 Å². The zero-order chi connectivity index (χ0) is 74.3. The molecule has 12 rings (SSSR count). The van der Waals surface area contributed by atoms with Crippen LogP contribution in [0.5, 0.6) is 23.3 Å². The summed E-state index contributed by atoms with van der Waals surface area (Å²) in [6.45, 7) is 22.3. The average molecular weight is 1530 g/mol. The number of halogens is 2. The van der Waals surface area contributed by atoms with Crippen LogP contribution in [0.25, 0.3) is 21.5 Å². The first-order valence-electron chi connectivity index (χ1n) is 35.2. The first-order chi connectivity index (χ1) is 47.9. The minimum atomic E-state index is -3.89. The smallest absolute Gasteiger partial charge is 0.408 e. The Kier molecular flexibility index (Phi) is 25.1. The minimum absolute atomic E-state index is 0. The molecule has 2 aromatic heterocycles. The van der Waals surface area contributed by atoms with E-state index in [-0.39, 0.29) is 69.2 Å². The fourth-order valence-corrected chi connectivity index (χ4v) is 16.6. The van der Waals surface area contributed by atoms with Crippen molar-refractivity contribution >= 4 is 108 Å². The molecule has 4 aromatic rings. The molecule has 2 saturated heterocycles. The highest BCUT2D eigenvalue weighted by atomic mass is 35.5. The predicted octanol–water partition coefficient (Wildman–Crippen LogP) is 7.52. The topological polar surface area (TPSA) is 373 Å². The number of aromatic nitrogens is 2. The number of fused-ring (bicyclic) bond motifs is 2. The van der Waals surface area contributed by atoms with E-state index in [0.717, 1.165) is 54.7 Å². The molecule has 0 spiro atoms. The van der Waals surface area contributed by atoms with E-state index in [1.54, 1.807) is 59.5 Å². The van der Waals surface area contributed by atoms with Crippen LogP contribution >= 0.6 is 24.8 Å². The number of hydrogen-bond acceptors (Lipinski definition) is 20. The summed E-state index contributed by atoms with van der Waals surface area (Å²) in [5.74, 6) is -2.87. The number of likely N-dealkylation sites (tertiary alicyclic amines) is 2. The number of nitrogens with two attached hydrogens (primary N) is 1. The Morgan fingerprint density at radius 2 is 1.03 bits per heavy atom. The first-order valence-corrected chi connectivity index (χ1v) is 38.3. The van der Waals surface area contributed by atoms with Gasteiger partial charge in [-0.3, -0.25) is 38.2 Å². The van der Waals surface area contributed by atoms with E-state index in [0.29, 0.717) is 54.3 Å². The van der Waals surface area contributed by atoms with Gasteiger partial charge >= 0.3 is 6.09 Å². The average Bonchev–Trinajstić information content (AvgIpc) is 1.58. The lowest BCUT2D eigenvalue weighted by atomic mass is 9.85. The van der Waals surface area contributed by atoms with Crippen molar-refractivity contribution in [1.29, 1.82) is 0 Å². The van der Waals surface area contributed by atoms with Crippen LogP contribution in [0.4, 0.5) is 4.79 Å². The monoisotopic (exact) mass is 1520 g/mol. The van der Waals surface area contributed by atoms with Crippen LogP contribution in [0.3, 0.4) is 0 Å². The summed E-state index contributed by atoms with van der Waals surface area (Å²) in [4.78, 5) is 108. The Bertz CT molecular complexity index is 4130. The number of nitrogens with one attached hydrogen (secondary N) is 5. The molecule has 104 heavy (non-hydrogen) atoms. The molecule has 2 aliphatic heterocycles. The van der Waals surface area contributed by atoms with Crippen molar-refractivity contribution in [2.24, 2.45) is 28.4 Å². The molecule has 6 aliphatic carbocycles. The summed E-state index contributed by atoms with van der Waals surface area (Å²) < 4.78 is 83.9. The van der Waals surface area contributed by atoms with Gasteiger partial charge in [0.25, 0.3) is 11.8 Å². The zero-order valence-corrected chi connectivity index (χ0v) is 64.1. The molecule has 0 bridgehead atoms. The molecule has 4 heterocycles. The van der Waals surface area contributed by atoms with Crippen molar-refractivity contribution in [2.45, 2.75) is 227 Å². The van der Waals surface area contributed by atoms with Gasteiger partial charge in [-0.05, 0) is 161 Å². The van der Waals surface area contributed by atoms with E-state index in [4.69, 9.17) is 29.4 Å². The van der Waals surface area contributed by atoms with Crippen molar-refractivity contribution in [3.05, 3.63) is 86.2 Å². The Balaban J connectivity index is 0.000000239. The van der Waals surface area contributed by atoms with Gasteiger partial charge in [-0.1, -0.05) is 66.5 Å². The van der Waals surface area contributed by atoms with Crippen molar-refractivity contribution < 1.29 is 79.2 Å². The highest BCUT2D eigenvalue weighted by Crippen LogP contribution is 2.48. The molecular formula is C73H102Cl2N10O17S2. The number of rotatable bonds is 22. The molecule has 8 fully saturated rings. The maximum Gasteiger partial charge on any atom is 0.408 e. The number of alkyl carbamates (subject to hydrolysis) is 1. The highest BCUT2D eigenvalue weighted by Gasteiger charge is 2.64. The van der Waals surface area contributed by atoms with E-state index in [9.17, 15) is 55.5 Å². The second kappa shape index (κ2) is 31.9. The molecule has 7 amide bonds. The van der Waals surface area contributed by atoms with Gasteiger partial charge in [0.15, 0.2) is 0 Å². The van der Waals surface area contributed by atoms with Gasteiger partial charge in [0, 0.05) is 47.8 Å². The van der Waals surface area contributed by atoms with Gasteiger partial charge in [-0.25, -0.2) is 31.6 Å². The molecule has 8 aliphatic rings. The highest BCUT2D eigenvalue weighted by molar-refractivity contribution is 7.91. The number of benzene rings is 2. The van der Waals surface area contributed by atoms with Gasteiger partial charge in [-0.2, -0.15) is 0 Å². The summed E-state index contributed by atoms with van der Waals surface area (Å²) in [7, 11) is -4.58. The number of hydrogen-bond donors (Lipinski definition) is 7. The number of aliphatic hydroxyl groups is 1. The summed E-state index contributed by atoms with van der Waals surface area (Å²) in [5, 5.41) is 19.4. The molecule has 6 saturated carbocycles. The van der Waals surface area contributed by atoms with E-state index in [1.807, 2.05) is 71.0 Å². The lowest BCUT2D eigenvalue weighted by molar-refractivity contribution is -0.143. The number of methoxy groups -OCH3 is 2. The summed E-state index contributed by atoms with van der Waals surface area (Å²) in [6, 6.07) is 10.4. The third-order valence-corrected chi connectivity index (χ3v) is 24.5. The third kappa shape index (κ3) is 18.8. The normalized spacial score (nSPS) is 25.6. The number of sulfonamides is 2. The van der Waals surface area contributed by atoms with E-state index < -0.39 is 148 Å². The Morgan fingerprint density at radius 1 is 0.625 bits per heavy atom. The SMILES string of the molecule is C=C[C@@H]1C[C@]1(NC(=O)[C@@H]1C[C@@H](Oc2nccc3cc(OC)ccc23)CN1C(=O)[C@@H](NC(=O)OC1(C)CCCC1)C(C)(C)C)C(=O)NS(=O)(=O)C1CC1.C=C[C@@H]1C[C@]1(NC(=O)[C@@H]1C[C@@H](Oc2nccc3cc(OC)ccc23)CN1C(=O)[C@H](N)C(C)(C)C)C(=O)NS(=O)(=O)C1CC1.CC1(O)CCCC1.Cl.Cl. The third-order valence-electron chi connectivity index (χ3n) is 20.9. The number of carbonyl (C=O) groups excluding carboxylic acids is 7. The van der Waals surface area contributed by atoms with Crippen LogP contribution < -0.4 is 50.1 Å². The van der Waals surface area contributed by atoms with Crippen LogP contribution in [0.15, 0.2) is 86.2 Å². The molecule has 27 nitrogen and oxygen atoms in total. The zero-order valence-electron chi connectivity index (χ0n) is 60.8. The molecule has 8 N–H and O–H groups in total. The first kappa shape index (κ1) is 82.1. The quantitative estimate of drug-likeness (QED) is 0.0374. The number of amides is 7. The number of pyridine rings is 2. The largest absolute Gasteiger partial charge is 0.497 e. The standard InChI is InChI=1S/C37H49N5O9S.C30H39N5O7S.C6H12O.2ClH/c1-7-23-20-37(23,33(45)41-52(47,48)26-11-12-26)40-30(43)28-19-25(50-31-27-13-10-24(49-6)18-22(27)14-17-38-31)21-42(28)32(44)29(35(2,3)4)39-34(46)51-36(5)15-8-9-16-36;1-6-18-15-30(18,28(38)34-43(39,40)21-8-9-21)33-25(36)23-14-20(16-35(23)27(37)24(31)29(2,3)4)42-26-22-10-7-19(41-5)13-17(22)11-12-32-26;1-6(7)4-2-3-5-6;;/h7,10,13-14,17-18,23,25-26,28-29H,1,8-9,11-12,15-16,19-21H2,2-6H3,(H,39,46)(H,40,43)(H,41,45);6-7,10-13,18,20-21,23-24H,1,8-9,14-16,31H2,2-5H3,(H,33,36)(H,34,38);7H,2-5H2,1H3;2*1H/t23-,25-,28+,29-,37-;18-,20-,23+,24+,30-;;;/m11.../s1. The van der Waals surface area contributed by atoms with Gasteiger partial charge < -0.3 is 60.3 Å². The van der Waals surface area contributed by atoms with Gasteiger partial charge in [-0.15, -0.1) is 38.0 Å². The summed E-state index contributed by atoms with van der Waals surface area (Å²) in [5.41, 5.74) is 0.991. The number of ether oxygens (including phenoxy) is 5. The molecule has 0 radical (unpaired) electrons. The van der Waals surface area contributed by atoms with Crippen LogP contribution in [0.2, 0.25) is 0 Å². The van der Waals surface area contributed by atoms with Gasteiger partial charge in [0.1, 0.15) is 58.5 Å². The van der Waals surface area contributed by atoms with Crippen molar-refractivity contribution in [2.75, 3.05) is 27.3 Å². The maximum atomic E-state index is 14.6. The Hall–Kier alpha value is -7.57. The summed E-state index contributed by atoms with van der Waals surface area (Å²) in [6.07, 6.45) is 14.3. The van der Waals surface area contributed by atoms with Crippen molar-refractivity contribution in [1.82, 2.24) is 45.2 Å². The van der Waals surface area contributed by atoms with Crippen LogP contribution in [-0.4, -0.2) is 180 Å². The fourth-order valence-electron chi connectivity index (χ4n) is 13.9.